The third kappa shape index (κ3) is 7.08. The number of nitrogens with zero attached hydrogens (tertiary/aromatic N) is 1. The number of aliphatic hydroxyl groups excluding tert-OH is 2. The lowest BCUT2D eigenvalue weighted by Crippen LogP contribution is -2.74. The number of hydrogen-bond acceptors (Lipinski definition) is 9. The number of aromatic nitrogens is 3. The number of H-pyrrole nitrogens is 2. The van der Waals surface area contributed by atoms with Crippen LogP contribution >= 0.6 is 0 Å². The summed E-state index contributed by atoms with van der Waals surface area (Å²) < 4.78 is 14.4. The molecule has 5 saturated carbocycles. The van der Waals surface area contributed by atoms with E-state index in [1.807, 2.05) is 20.9 Å². The van der Waals surface area contributed by atoms with Crippen LogP contribution in [0.2, 0.25) is 0 Å². The third-order valence-electron chi connectivity index (χ3n) is 26.8. The first-order valence-electron chi connectivity index (χ1n) is 32.4. The summed E-state index contributed by atoms with van der Waals surface area (Å²) in [6, 6.07) is 6.90. The molecule has 6 heterocycles. The molecule has 15 rings (SSSR count). The molecule has 15 unspecified atom stereocenters. The molecule has 6 N–H and O–H groups in total. The van der Waals surface area contributed by atoms with E-state index in [9.17, 15) is 15.3 Å². The van der Waals surface area contributed by atoms with Crippen molar-refractivity contribution in [2.45, 2.75) is 230 Å². The van der Waals surface area contributed by atoms with Gasteiger partial charge in [0.1, 0.15) is 17.7 Å². The fourth-order valence-corrected chi connectivity index (χ4v) is 22.8. The van der Waals surface area contributed by atoms with Crippen molar-refractivity contribution in [1.29, 1.82) is 0 Å². The molecule has 82 heavy (non-hydrogen) atoms. The molecule has 3 aromatic heterocycles. The number of allylic oxidation sites excluding steroid dienone is 1. The predicted octanol–water partition coefficient (Wildman–Crippen LogP) is 11.4. The van der Waals surface area contributed by atoms with E-state index in [-0.39, 0.29) is 40.8 Å². The van der Waals surface area contributed by atoms with Crippen molar-refractivity contribution >= 4 is 28.4 Å². The number of ketones is 3. The molecule has 11 aliphatic rings. The van der Waals surface area contributed by atoms with Gasteiger partial charge in [-0.1, -0.05) is 66.0 Å². The van der Waals surface area contributed by atoms with Gasteiger partial charge in [0, 0.05) is 97.6 Å². The van der Waals surface area contributed by atoms with E-state index in [4.69, 9.17) is 9.47 Å². The third-order valence-corrected chi connectivity index (χ3v) is 26.8. The van der Waals surface area contributed by atoms with Gasteiger partial charge in [0.25, 0.3) is 0 Å². The van der Waals surface area contributed by atoms with Crippen molar-refractivity contribution in [2.24, 2.45) is 50.2 Å². The van der Waals surface area contributed by atoms with Crippen LogP contribution in [0.3, 0.4) is 0 Å². The fraction of sp³-hybridized carbons (Fsp3) is 0.700. The predicted molar refractivity (Wildman–Crippen MR) is 315 cm³/mol. The monoisotopic (exact) mass is 1120 g/mol. The summed E-state index contributed by atoms with van der Waals surface area (Å²) in [5, 5.41) is 43.2. The van der Waals surface area contributed by atoms with E-state index >= 15 is 14.4 Å². The maximum absolute atomic E-state index is 16.0. The van der Waals surface area contributed by atoms with Gasteiger partial charge < -0.3 is 44.6 Å². The molecule has 7 fully saturated rings. The average Bonchev–Trinajstić information content (AvgIpc) is 1.41. The molecule has 15 atom stereocenters. The second-order valence-corrected chi connectivity index (χ2v) is 30.9. The minimum Gasteiger partial charge on any atom is -0.392 e. The normalized spacial score (nSPS) is 41.1. The van der Waals surface area contributed by atoms with Gasteiger partial charge in [-0.15, -0.1) is 0 Å². The average molecular weight is 1120 g/mol. The molecule has 440 valence electrons. The van der Waals surface area contributed by atoms with E-state index in [1.54, 1.807) is 0 Å². The van der Waals surface area contributed by atoms with Crippen LogP contribution in [0.4, 0.5) is 0 Å². The molecule has 3 aliphatic heterocycles. The van der Waals surface area contributed by atoms with E-state index in [1.165, 1.54) is 36.1 Å². The highest BCUT2D eigenvalue weighted by Gasteiger charge is 2.80. The number of benzene rings is 1. The second-order valence-electron chi connectivity index (χ2n) is 30.9. The molecule has 4 aromatic rings. The smallest absolute Gasteiger partial charge is 0.160 e. The number of aromatic amines is 2. The number of epoxide rings is 1. The number of rotatable bonds is 9. The van der Waals surface area contributed by atoms with Gasteiger partial charge in [-0.05, 0) is 195 Å². The van der Waals surface area contributed by atoms with E-state index in [0.29, 0.717) is 88.7 Å². The standard InChI is InChI=1S/C70H92N4O8/c1-63(2)62(82-63)50(77)33-64(3)20-16-40-35-73-57-45(52-44-30-41(38-12-10-9-11-13-38)31-47(42(44)14-15-48(52)75)70(80)24-28-81-29-25-70)36-74(58(40)57)37-46-53-55(64)49(76)34-67(53,6)66(5)21-18-51-65(4,23-27-71-8)61(79)54-43-19-26-72-56(43)39-17-22-69(54,32-39)68(51,7)60(66)59(46)78/h19,26,30-31,35-36,38-39,46,50-52,54,59-60,62,71-73,77-78,80H,9-18,20-25,27-29,32-34,37H2,1-8H3. The number of nitrogens with one attached hydrogen (secondary N) is 3. The summed E-state index contributed by atoms with van der Waals surface area (Å²) in [6.07, 6.45) is 19.4. The number of hydrogen-bond donors (Lipinski definition) is 6. The Morgan fingerprint density at radius 2 is 1.63 bits per heavy atom. The Morgan fingerprint density at radius 3 is 2.38 bits per heavy atom. The van der Waals surface area contributed by atoms with Gasteiger partial charge in [-0.25, -0.2) is 0 Å². The van der Waals surface area contributed by atoms with Crippen molar-refractivity contribution < 1.29 is 39.2 Å². The molecule has 8 aliphatic carbocycles. The highest BCUT2D eigenvalue weighted by atomic mass is 16.6. The van der Waals surface area contributed by atoms with Gasteiger partial charge in [-0.2, -0.15) is 0 Å². The second kappa shape index (κ2) is 18.2. The first-order chi connectivity index (χ1) is 39.1. The maximum atomic E-state index is 16.0. The highest BCUT2D eigenvalue weighted by Crippen LogP contribution is 2.84. The Kier molecular flexibility index (Phi) is 12.1. The van der Waals surface area contributed by atoms with Crippen LogP contribution in [0.1, 0.15) is 226 Å². The van der Waals surface area contributed by atoms with Crippen molar-refractivity contribution in [3.63, 3.8) is 0 Å². The van der Waals surface area contributed by atoms with Gasteiger partial charge in [0.05, 0.1) is 46.3 Å². The maximum Gasteiger partial charge on any atom is 0.160 e. The number of Topliss-reactive ketones (excluding diaryl/α,β-unsaturated/α-hetero) is 3. The topological polar surface area (TPSA) is 182 Å². The van der Waals surface area contributed by atoms with Crippen LogP contribution in [0.25, 0.3) is 11.0 Å². The molecule has 1 aromatic carbocycles. The zero-order valence-electron chi connectivity index (χ0n) is 50.3. The van der Waals surface area contributed by atoms with E-state index < -0.39 is 62.3 Å². The van der Waals surface area contributed by atoms with E-state index in [0.717, 1.165) is 108 Å². The quantitative estimate of drug-likeness (QED) is 0.0889. The molecule has 0 radical (unpaired) electrons. The Morgan fingerprint density at radius 1 is 0.866 bits per heavy atom. The minimum absolute atomic E-state index is 0.0118. The Bertz CT molecular complexity index is 3370. The van der Waals surface area contributed by atoms with Crippen molar-refractivity contribution in [1.82, 2.24) is 19.9 Å². The van der Waals surface area contributed by atoms with Crippen LogP contribution in [0, 0.1) is 50.2 Å². The molecule has 1 spiro atoms. The SMILES string of the molecule is CNCCC1(C)C(=O)C2c3cc[nH]c3C3CCC2(C3)C2(C)C1CCC1(C)C2C(O)C2Cn3cc(C4C(=O)CCc5c4cc(C4CCCCC4)cc5C4(O)CCOCC4)c4[nH]cc(c43)CCC(C)(CC(O)C3OC3(C)C)C3=C2C1(C)CC3=O. The number of carbonyl (C=O) groups excluding carboxylic acids is 3. The van der Waals surface area contributed by atoms with E-state index in [2.05, 4.69) is 91.3 Å². The summed E-state index contributed by atoms with van der Waals surface area (Å²) >= 11 is 0. The van der Waals surface area contributed by atoms with Crippen LogP contribution in [0.5, 0.6) is 0 Å². The fourth-order valence-electron chi connectivity index (χ4n) is 22.8. The van der Waals surface area contributed by atoms with Crippen LogP contribution in [-0.4, -0.2) is 97.9 Å². The van der Waals surface area contributed by atoms with Gasteiger partial charge in [-0.3, -0.25) is 14.4 Å². The lowest BCUT2D eigenvalue weighted by Gasteiger charge is -2.76. The van der Waals surface area contributed by atoms with Crippen molar-refractivity contribution in [3.05, 3.63) is 92.6 Å². The molecule has 12 heteroatoms. The Hall–Kier alpha value is -4.17. The number of carbonyl (C=O) groups is 3. The first kappa shape index (κ1) is 54.5. The zero-order chi connectivity index (χ0) is 57.1. The Labute approximate surface area is 485 Å². The molecule has 12 nitrogen and oxygen atoms in total. The molecule has 0 amide bonds. The summed E-state index contributed by atoms with van der Waals surface area (Å²) in [6.45, 7) is 18.1. The lowest BCUT2D eigenvalue weighted by molar-refractivity contribution is -0.267. The van der Waals surface area contributed by atoms with Crippen LogP contribution in [-0.2, 0) is 48.8 Å². The Balaban J connectivity index is 0.937. The summed E-state index contributed by atoms with van der Waals surface area (Å²) in [4.78, 5) is 54.8. The minimum atomic E-state index is -1.04. The summed E-state index contributed by atoms with van der Waals surface area (Å²) in [7, 11) is 1.99. The summed E-state index contributed by atoms with van der Waals surface area (Å²) in [5.74, 6) is -0.205. The van der Waals surface area contributed by atoms with Crippen LogP contribution < -0.4 is 5.32 Å². The van der Waals surface area contributed by atoms with Gasteiger partial charge in [0.15, 0.2) is 5.78 Å². The number of ether oxygens (including phenoxy) is 2. The molecule has 2 saturated heterocycles. The van der Waals surface area contributed by atoms with Crippen molar-refractivity contribution in [3.8, 4) is 0 Å². The highest BCUT2D eigenvalue weighted by molar-refractivity contribution is 6.02. The number of aliphatic hydroxyl groups is 3. The number of aryl methyl sites for hydroxylation is 1. The first-order valence-corrected chi connectivity index (χ1v) is 32.4. The largest absolute Gasteiger partial charge is 0.392 e. The van der Waals surface area contributed by atoms with Crippen LogP contribution in [0.15, 0.2) is 47.9 Å². The summed E-state index contributed by atoms with van der Waals surface area (Å²) in [5.41, 5.74) is 7.77. The lowest BCUT2D eigenvalue weighted by atomic mass is 9.28. The molecule has 2 bridgehead atoms. The number of fused-ring (bicyclic) bond motifs is 9. The van der Waals surface area contributed by atoms with Gasteiger partial charge in [0.2, 0.25) is 0 Å². The van der Waals surface area contributed by atoms with Crippen molar-refractivity contribution in [2.75, 3.05) is 26.8 Å². The molecular formula is C70H92N4O8. The zero-order valence-corrected chi connectivity index (χ0v) is 50.3. The van der Waals surface area contributed by atoms with Gasteiger partial charge >= 0.3 is 0 Å². The molecular weight excluding hydrogens is 1020 g/mol.